The summed E-state index contributed by atoms with van der Waals surface area (Å²) in [7, 11) is 2.08. The van der Waals surface area contributed by atoms with Crippen molar-refractivity contribution in [1.82, 2.24) is 4.57 Å². The number of esters is 1. The minimum absolute atomic E-state index is 0.268. The van der Waals surface area contributed by atoms with Crippen LogP contribution in [-0.2, 0) is 17.4 Å². The summed E-state index contributed by atoms with van der Waals surface area (Å²) in [4.78, 5) is 14.7. The van der Waals surface area contributed by atoms with Gasteiger partial charge in [0.15, 0.2) is 5.60 Å². The minimum Gasteiger partial charge on any atom is -0.440 e. The van der Waals surface area contributed by atoms with Crippen LogP contribution >= 0.6 is 0 Å². The number of ether oxygens (including phenoxy) is 1. The zero-order valence-corrected chi connectivity index (χ0v) is 20.0. The predicted molar refractivity (Wildman–Crippen MR) is 132 cm³/mol. The van der Waals surface area contributed by atoms with Crippen LogP contribution in [0.2, 0.25) is 0 Å². The number of aryl methyl sites for hydroxylation is 2. The second kappa shape index (κ2) is 7.89. The molecule has 1 atom stereocenters. The molecule has 33 heavy (non-hydrogen) atoms. The number of rotatable bonds is 5. The number of aromatic nitrogens is 1. The third-order valence-corrected chi connectivity index (χ3v) is 7.39. The van der Waals surface area contributed by atoms with E-state index in [0.29, 0.717) is 5.56 Å². The van der Waals surface area contributed by atoms with E-state index in [2.05, 4.69) is 81.8 Å². The van der Waals surface area contributed by atoms with Crippen molar-refractivity contribution in [1.29, 1.82) is 0 Å². The van der Waals surface area contributed by atoms with E-state index in [4.69, 9.17) is 4.74 Å². The zero-order valence-electron chi connectivity index (χ0n) is 20.0. The highest BCUT2D eigenvalue weighted by Crippen LogP contribution is 2.51. The molecule has 3 aromatic carbocycles. The fraction of sp³-hybridized carbons (Fsp3) is 0.276. The highest BCUT2D eigenvalue weighted by molar-refractivity contribution is 5.98. The van der Waals surface area contributed by atoms with E-state index < -0.39 is 5.60 Å². The Hall–Kier alpha value is -3.37. The molecule has 2 heterocycles. The molecule has 0 saturated heterocycles. The van der Waals surface area contributed by atoms with Crippen LogP contribution < -0.4 is 4.90 Å². The molecule has 1 aliphatic heterocycles. The van der Waals surface area contributed by atoms with Gasteiger partial charge in [0.1, 0.15) is 5.69 Å². The number of nitrogens with one attached hydrogen (secondary N) is 1. The molecule has 4 heteroatoms. The van der Waals surface area contributed by atoms with Gasteiger partial charge in [0.05, 0.1) is 18.7 Å². The second-order valence-electron chi connectivity index (χ2n) is 8.99. The summed E-state index contributed by atoms with van der Waals surface area (Å²) in [6.45, 7) is 10.7. The number of benzene rings is 3. The molecule has 0 amide bonds. The Morgan fingerprint density at radius 2 is 1.61 bits per heavy atom. The molecule has 0 unspecified atom stereocenters. The van der Waals surface area contributed by atoms with Crippen molar-refractivity contribution in [2.24, 2.45) is 7.05 Å². The molecule has 0 fully saturated rings. The zero-order chi connectivity index (χ0) is 23.3. The topological polar surface area (TPSA) is 35.7 Å². The van der Waals surface area contributed by atoms with Gasteiger partial charge in [0, 0.05) is 46.4 Å². The maximum atomic E-state index is 13.2. The first kappa shape index (κ1) is 21.5. The van der Waals surface area contributed by atoms with Gasteiger partial charge in [-0.2, -0.15) is 0 Å². The van der Waals surface area contributed by atoms with Crippen LogP contribution in [0, 0.1) is 13.8 Å². The van der Waals surface area contributed by atoms with Gasteiger partial charge in [0.25, 0.3) is 0 Å². The molecule has 4 aromatic rings. The average Bonchev–Trinajstić information content (AvgIpc) is 3.26. The Morgan fingerprint density at radius 1 is 0.909 bits per heavy atom. The van der Waals surface area contributed by atoms with Gasteiger partial charge < -0.3 is 14.2 Å². The molecule has 5 rings (SSSR count). The molecule has 1 N–H and O–H groups in total. The van der Waals surface area contributed by atoms with Crippen LogP contribution in [0.4, 0.5) is 5.69 Å². The number of hydrogen-bond acceptors (Lipinski definition) is 2. The summed E-state index contributed by atoms with van der Waals surface area (Å²) in [6, 6.07) is 22.8. The van der Waals surface area contributed by atoms with Crippen molar-refractivity contribution < 1.29 is 14.4 Å². The first-order valence-corrected chi connectivity index (χ1v) is 11.8. The fourth-order valence-electron chi connectivity index (χ4n) is 5.64. The van der Waals surface area contributed by atoms with Crippen LogP contribution in [0.25, 0.3) is 10.9 Å². The summed E-state index contributed by atoms with van der Waals surface area (Å²) < 4.78 is 8.67. The summed E-state index contributed by atoms with van der Waals surface area (Å²) in [5.41, 5.74) is 7.26. The van der Waals surface area contributed by atoms with Crippen molar-refractivity contribution in [2.45, 2.75) is 33.3 Å². The van der Waals surface area contributed by atoms with Crippen LogP contribution in [0.5, 0.6) is 0 Å². The van der Waals surface area contributed by atoms with Gasteiger partial charge in [-0.1, -0.05) is 36.4 Å². The molecule has 4 nitrogen and oxygen atoms in total. The maximum absolute atomic E-state index is 13.2. The molecule has 0 radical (unpaired) electrons. The van der Waals surface area contributed by atoms with E-state index >= 15 is 0 Å². The molecular formula is C29H31N2O2+. The largest absolute Gasteiger partial charge is 0.440 e. The Balaban J connectivity index is 1.87. The Bertz CT molecular complexity index is 1380. The summed E-state index contributed by atoms with van der Waals surface area (Å²) >= 11 is 0. The third kappa shape index (κ3) is 2.97. The molecular weight excluding hydrogens is 408 g/mol. The summed E-state index contributed by atoms with van der Waals surface area (Å²) in [5.74, 6) is -0.268. The number of carbonyl (C=O) groups excluding carboxylic acids is 1. The van der Waals surface area contributed by atoms with Gasteiger partial charge in [0.2, 0.25) is 0 Å². The lowest BCUT2D eigenvalue weighted by Crippen LogP contribution is -3.06. The lowest BCUT2D eigenvalue weighted by Gasteiger charge is -2.32. The van der Waals surface area contributed by atoms with E-state index in [1.807, 2.05) is 24.3 Å². The summed E-state index contributed by atoms with van der Waals surface area (Å²) in [6.07, 6.45) is 0. The SMILES string of the molecule is CC[NH+](CC)c1ccc([C@@]2(c3c(C)n(C)c4ccccc34)OC(=O)c3ccccc32)c(C)c1. The van der Waals surface area contributed by atoms with Crippen LogP contribution in [0.15, 0.2) is 66.7 Å². The highest BCUT2D eigenvalue weighted by Gasteiger charge is 2.51. The van der Waals surface area contributed by atoms with Crippen LogP contribution in [0.3, 0.4) is 0 Å². The molecule has 0 spiro atoms. The Labute approximate surface area is 195 Å². The van der Waals surface area contributed by atoms with Gasteiger partial charge in [-0.15, -0.1) is 0 Å². The molecule has 0 aliphatic carbocycles. The summed E-state index contributed by atoms with van der Waals surface area (Å²) in [5, 5.41) is 1.11. The van der Waals surface area contributed by atoms with Gasteiger partial charge in [-0.05, 0) is 57.5 Å². The van der Waals surface area contributed by atoms with Gasteiger partial charge in [-0.25, -0.2) is 4.79 Å². The van der Waals surface area contributed by atoms with Crippen molar-refractivity contribution in [3.05, 3.63) is 100 Å². The fourth-order valence-corrected chi connectivity index (χ4v) is 5.64. The second-order valence-corrected chi connectivity index (χ2v) is 8.99. The van der Waals surface area contributed by atoms with E-state index in [9.17, 15) is 4.79 Å². The molecule has 168 valence electrons. The normalized spacial score (nSPS) is 17.6. The van der Waals surface area contributed by atoms with Crippen LogP contribution in [0.1, 0.15) is 52.2 Å². The number of quaternary nitrogens is 1. The van der Waals surface area contributed by atoms with E-state index in [0.717, 1.165) is 51.9 Å². The number of nitrogens with zero attached hydrogens (tertiary/aromatic N) is 1. The lowest BCUT2D eigenvalue weighted by molar-refractivity contribution is -0.828. The third-order valence-electron chi connectivity index (χ3n) is 7.39. The van der Waals surface area contributed by atoms with Crippen molar-refractivity contribution in [3.8, 4) is 0 Å². The lowest BCUT2D eigenvalue weighted by atomic mass is 9.77. The molecule has 1 aliphatic rings. The van der Waals surface area contributed by atoms with E-state index in [1.165, 1.54) is 10.6 Å². The standard InChI is InChI=1S/C29H30N2O2/c1-6-31(7-2)21-16-17-24(19(3)18-21)29(25-14-10-8-12-22(25)28(32)33-29)27-20(4)30(5)26-15-11-9-13-23(26)27/h8-18H,6-7H2,1-5H3/p+1/t29-/m1/s1. The van der Waals surface area contributed by atoms with Crippen molar-refractivity contribution in [2.75, 3.05) is 13.1 Å². The van der Waals surface area contributed by atoms with E-state index in [-0.39, 0.29) is 5.97 Å². The Morgan fingerprint density at radius 3 is 2.33 bits per heavy atom. The number of fused-ring (bicyclic) bond motifs is 2. The number of para-hydroxylation sites is 1. The first-order chi connectivity index (χ1) is 15.9. The van der Waals surface area contributed by atoms with E-state index in [1.54, 1.807) is 0 Å². The number of cyclic esters (lactones) is 1. The molecule has 1 aromatic heterocycles. The number of carbonyl (C=O) groups is 1. The quantitative estimate of drug-likeness (QED) is 0.453. The predicted octanol–water partition coefficient (Wildman–Crippen LogP) is 4.81. The van der Waals surface area contributed by atoms with Crippen LogP contribution in [-0.4, -0.2) is 23.6 Å². The smallest absolute Gasteiger partial charge is 0.340 e. The molecule has 0 bridgehead atoms. The number of hydrogen-bond donors (Lipinski definition) is 1. The monoisotopic (exact) mass is 439 g/mol. The first-order valence-electron chi connectivity index (χ1n) is 11.8. The Kier molecular flexibility index (Phi) is 5.13. The average molecular weight is 440 g/mol. The maximum Gasteiger partial charge on any atom is 0.340 e. The van der Waals surface area contributed by atoms with Crippen molar-refractivity contribution >= 4 is 22.6 Å². The molecule has 0 saturated carbocycles. The highest BCUT2D eigenvalue weighted by atomic mass is 16.6. The van der Waals surface area contributed by atoms with Gasteiger partial charge >= 0.3 is 5.97 Å². The van der Waals surface area contributed by atoms with Gasteiger partial charge in [-0.3, -0.25) is 0 Å². The van der Waals surface area contributed by atoms with Crippen molar-refractivity contribution in [3.63, 3.8) is 0 Å². The minimum atomic E-state index is -0.986.